The first-order chi connectivity index (χ1) is 12.5. The summed E-state index contributed by atoms with van der Waals surface area (Å²) in [5, 5.41) is 0. The Kier molecular flexibility index (Phi) is 4.44. The van der Waals surface area contributed by atoms with E-state index in [1.807, 2.05) is 55.5 Å². The van der Waals surface area contributed by atoms with E-state index < -0.39 is 10.0 Å². The maximum absolute atomic E-state index is 11.9. The molecular formula is C20H22N2O3S. The van der Waals surface area contributed by atoms with Gasteiger partial charge in [-0.1, -0.05) is 24.3 Å². The fourth-order valence-corrected chi connectivity index (χ4v) is 4.68. The van der Waals surface area contributed by atoms with Crippen molar-refractivity contribution in [2.45, 2.75) is 25.7 Å². The molecule has 26 heavy (non-hydrogen) atoms. The van der Waals surface area contributed by atoms with Gasteiger partial charge in [-0.05, 0) is 55.2 Å². The maximum atomic E-state index is 11.9. The zero-order chi connectivity index (χ0) is 18.1. The average molecular weight is 370 g/mol. The Morgan fingerprint density at radius 1 is 1.08 bits per heavy atom. The second-order valence-electron chi connectivity index (χ2n) is 6.90. The van der Waals surface area contributed by atoms with E-state index in [1.54, 1.807) is 0 Å². The Morgan fingerprint density at radius 2 is 1.88 bits per heavy atom. The topological polar surface area (TPSA) is 59.0 Å². The molecule has 1 fully saturated rings. The SMILES string of the molecule is Cc1cccc(Oc2ccc(C3CCCN4CCS(=O)(=O)N=C34)cc2)c1. The molecule has 2 aromatic carbocycles. The normalized spacial score (nSPS) is 21.7. The average Bonchev–Trinajstić information content (AvgIpc) is 2.61. The molecule has 0 radical (unpaired) electrons. The summed E-state index contributed by atoms with van der Waals surface area (Å²) in [6.07, 6.45) is 1.97. The van der Waals surface area contributed by atoms with Crippen LogP contribution in [0.3, 0.4) is 0 Å². The smallest absolute Gasteiger partial charge is 0.256 e. The molecule has 5 nitrogen and oxygen atoms in total. The number of hydrogen-bond donors (Lipinski definition) is 0. The first kappa shape index (κ1) is 17.1. The molecule has 0 bridgehead atoms. The van der Waals surface area contributed by atoms with Gasteiger partial charge >= 0.3 is 0 Å². The third kappa shape index (κ3) is 3.60. The first-order valence-electron chi connectivity index (χ1n) is 8.92. The van der Waals surface area contributed by atoms with Crippen LogP contribution in [0.15, 0.2) is 52.9 Å². The van der Waals surface area contributed by atoms with Crippen LogP contribution in [0.25, 0.3) is 0 Å². The van der Waals surface area contributed by atoms with Gasteiger partial charge in [0.05, 0.1) is 5.75 Å². The molecule has 2 aliphatic rings. The number of rotatable bonds is 3. The van der Waals surface area contributed by atoms with Crippen molar-refractivity contribution in [3.05, 3.63) is 59.7 Å². The number of aryl methyl sites for hydroxylation is 1. The van der Waals surface area contributed by atoms with E-state index in [9.17, 15) is 8.42 Å². The molecule has 0 amide bonds. The molecule has 0 saturated carbocycles. The van der Waals surface area contributed by atoms with E-state index in [0.717, 1.165) is 42.0 Å². The lowest BCUT2D eigenvalue weighted by Crippen LogP contribution is -2.46. The summed E-state index contributed by atoms with van der Waals surface area (Å²) in [5.41, 5.74) is 2.24. The molecule has 136 valence electrons. The number of amidine groups is 1. The van der Waals surface area contributed by atoms with Crippen molar-refractivity contribution < 1.29 is 13.2 Å². The van der Waals surface area contributed by atoms with Gasteiger partial charge < -0.3 is 9.64 Å². The molecule has 0 spiro atoms. The van der Waals surface area contributed by atoms with Crippen molar-refractivity contribution >= 4 is 15.9 Å². The van der Waals surface area contributed by atoms with Crippen molar-refractivity contribution in [1.29, 1.82) is 0 Å². The van der Waals surface area contributed by atoms with E-state index in [4.69, 9.17) is 4.74 Å². The van der Waals surface area contributed by atoms with Crippen LogP contribution in [0.2, 0.25) is 0 Å². The lowest BCUT2D eigenvalue weighted by molar-refractivity contribution is 0.366. The van der Waals surface area contributed by atoms with Gasteiger partial charge in [0.15, 0.2) is 0 Å². The minimum atomic E-state index is -3.33. The van der Waals surface area contributed by atoms with Crippen LogP contribution in [0.5, 0.6) is 11.5 Å². The van der Waals surface area contributed by atoms with Gasteiger partial charge in [0.2, 0.25) is 0 Å². The van der Waals surface area contributed by atoms with E-state index in [-0.39, 0.29) is 11.7 Å². The van der Waals surface area contributed by atoms with Gasteiger partial charge in [-0.3, -0.25) is 0 Å². The molecule has 1 saturated heterocycles. The quantitative estimate of drug-likeness (QED) is 0.826. The Labute approximate surface area is 154 Å². The van der Waals surface area contributed by atoms with Gasteiger partial charge in [0.1, 0.15) is 17.3 Å². The maximum Gasteiger partial charge on any atom is 0.256 e. The number of benzene rings is 2. The van der Waals surface area contributed by atoms with Crippen LogP contribution in [-0.2, 0) is 10.0 Å². The second kappa shape index (κ2) is 6.76. The molecule has 2 aliphatic heterocycles. The molecule has 6 heteroatoms. The molecule has 4 rings (SSSR count). The predicted molar refractivity (Wildman–Crippen MR) is 102 cm³/mol. The number of ether oxygens (including phenoxy) is 1. The number of piperidine rings is 1. The highest BCUT2D eigenvalue weighted by molar-refractivity contribution is 7.90. The van der Waals surface area contributed by atoms with Gasteiger partial charge in [0.25, 0.3) is 10.0 Å². The summed E-state index contributed by atoms with van der Waals surface area (Å²) in [4.78, 5) is 2.12. The van der Waals surface area contributed by atoms with Crippen LogP contribution >= 0.6 is 0 Å². The fraction of sp³-hybridized carbons (Fsp3) is 0.350. The van der Waals surface area contributed by atoms with E-state index in [1.165, 1.54) is 0 Å². The molecule has 0 aliphatic carbocycles. The monoisotopic (exact) mass is 370 g/mol. The van der Waals surface area contributed by atoms with Crippen molar-refractivity contribution in [3.8, 4) is 11.5 Å². The Balaban J connectivity index is 1.57. The van der Waals surface area contributed by atoms with Crippen LogP contribution in [-0.4, -0.2) is 38.0 Å². The highest BCUT2D eigenvalue weighted by Crippen LogP contribution is 2.33. The van der Waals surface area contributed by atoms with E-state index in [0.29, 0.717) is 12.4 Å². The van der Waals surface area contributed by atoms with E-state index in [2.05, 4.69) is 9.30 Å². The molecule has 2 heterocycles. The minimum absolute atomic E-state index is 0.0341. The predicted octanol–water partition coefficient (Wildman–Crippen LogP) is 3.71. The Morgan fingerprint density at radius 3 is 2.65 bits per heavy atom. The summed E-state index contributed by atoms with van der Waals surface area (Å²) in [6, 6.07) is 15.8. The van der Waals surface area contributed by atoms with Crippen molar-refractivity contribution in [2.75, 3.05) is 18.8 Å². The number of hydrogen-bond acceptors (Lipinski definition) is 4. The molecule has 1 unspecified atom stereocenters. The first-order valence-corrected chi connectivity index (χ1v) is 10.5. The van der Waals surface area contributed by atoms with Gasteiger partial charge in [-0.15, -0.1) is 4.40 Å². The highest BCUT2D eigenvalue weighted by Gasteiger charge is 2.33. The number of fused-ring (bicyclic) bond motifs is 1. The van der Waals surface area contributed by atoms with Gasteiger partial charge in [-0.2, -0.15) is 0 Å². The number of nitrogens with zero attached hydrogens (tertiary/aromatic N) is 2. The number of sulfonamides is 1. The Bertz CT molecular complexity index is 936. The lowest BCUT2D eigenvalue weighted by Gasteiger charge is -2.37. The second-order valence-corrected chi connectivity index (χ2v) is 8.66. The van der Waals surface area contributed by atoms with Crippen molar-refractivity contribution in [3.63, 3.8) is 0 Å². The zero-order valence-electron chi connectivity index (χ0n) is 14.8. The minimum Gasteiger partial charge on any atom is -0.457 e. The van der Waals surface area contributed by atoms with Crippen LogP contribution in [0, 0.1) is 6.92 Å². The summed E-state index contributed by atoms with van der Waals surface area (Å²) in [7, 11) is -3.33. The van der Waals surface area contributed by atoms with Gasteiger partial charge in [0, 0.05) is 19.0 Å². The zero-order valence-corrected chi connectivity index (χ0v) is 15.6. The van der Waals surface area contributed by atoms with Crippen molar-refractivity contribution in [1.82, 2.24) is 4.90 Å². The molecule has 1 atom stereocenters. The summed E-state index contributed by atoms with van der Waals surface area (Å²) < 4.78 is 33.8. The van der Waals surface area contributed by atoms with Crippen LogP contribution in [0.4, 0.5) is 0 Å². The molecular weight excluding hydrogens is 348 g/mol. The van der Waals surface area contributed by atoms with Gasteiger partial charge in [-0.25, -0.2) is 8.42 Å². The molecule has 2 aromatic rings. The van der Waals surface area contributed by atoms with Crippen molar-refractivity contribution in [2.24, 2.45) is 4.40 Å². The largest absolute Gasteiger partial charge is 0.457 e. The standard InChI is InChI=1S/C20H22N2O3S/c1-15-4-2-5-18(14-15)25-17-9-7-16(8-10-17)19-6-3-11-22-12-13-26(23,24)21-20(19)22/h2,4-5,7-10,14,19H,3,6,11-13H2,1H3. The van der Waals surface area contributed by atoms with E-state index >= 15 is 0 Å². The third-order valence-corrected chi connectivity index (χ3v) is 6.08. The molecule has 0 N–H and O–H groups in total. The summed E-state index contributed by atoms with van der Waals surface area (Å²) in [6.45, 7) is 3.47. The Hall–Kier alpha value is -2.34. The molecule has 0 aromatic heterocycles. The fourth-order valence-electron chi connectivity index (χ4n) is 3.61. The van der Waals surface area contributed by atoms with Crippen LogP contribution < -0.4 is 4.74 Å². The lowest BCUT2D eigenvalue weighted by atomic mass is 9.89. The summed E-state index contributed by atoms with van der Waals surface area (Å²) in [5.74, 6) is 2.43. The summed E-state index contributed by atoms with van der Waals surface area (Å²) >= 11 is 0. The third-order valence-electron chi connectivity index (χ3n) is 4.92. The highest BCUT2D eigenvalue weighted by atomic mass is 32.2. The van der Waals surface area contributed by atoms with Crippen LogP contribution in [0.1, 0.15) is 29.9 Å².